The first-order chi connectivity index (χ1) is 7.66. The normalized spacial score (nSPS) is 19.9. The Bertz CT molecular complexity index is 411. The van der Waals surface area contributed by atoms with E-state index < -0.39 is 0 Å². The van der Waals surface area contributed by atoms with Crippen LogP contribution < -0.4 is 5.32 Å². The van der Waals surface area contributed by atoms with Crippen molar-refractivity contribution in [3.8, 4) is 0 Å². The summed E-state index contributed by atoms with van der Waals surface area (Å²) >= 11 is 3.33. The number of carbonyl (C=O) groups is 1. The molecule has 1 aliphatic heterocycles. The van der Waals surface area contributed by atoms with E-state index in [2.05, 4.69) is 21.2 Å². The van der Waals surface area contributed by atoms with E-state index in [4.69, 9.17) is 4.74 Å². The summed E-state index contributed by atoms with van der Waals surface area (Å²) < 4.78 is 18.6. The van der Waals surface area contributed by atoms with Crippen molar-refractivity contribution in [3.05, 3.63) is 34.1 Å². The molecule has 1 N–H and O–H groups in total. The molecular formula is C11H11BrFNO2. The van der Waals surface area contributed by atoms with Gasteiger partial charge in [0.25, 0.3) is 0 Å². The van der Waals surface area contributed by atoms with Gasteiger partial charge >= 0.3 is 5.97 Å². The van der Waals surface area contributed by atoms with Crippen LogP contribution in [0.4, 0.5) is 4.39 Å². The molecule has 1 heterocycles. The maximum Gasteiger partial charge on any atom is 0.323 e. The lowest BCUT2D eigenvalue weighted by Gasteiger charge is -2.10. The van der Waals surface area contributed by atoms with Crippen LogP contribution in [0.2, 0.25) is 0 Å². The highest BCUT2D eigenvalue weighted by molar-refractivity contribution is 9.10. The Kier molecular flexibility index (Phi) is 3.56. The molecule has 1 atom stereocenters. The number of halogens is 2. The average molecular weight is 288 g/mol. The van der Waals surface area contributed by atoms with Gasteiger partial charge in [0.2, 0.25) is 0 Å². The third-order valence-electron chi connectivity index (χ3n) is 2.48. The Balaban J connectivity index is 1.98. The number of hydrogen-bond donors (Lipinski definition) is 1. The molecule has 0 bridgehead atoms. The lowest BCUT2D eigenvalue weighted by atomic mass is 10.2. The van der Waals surface area contributed by atoms with E-state index in [0.717, 1.165) is 10.0 Å². The molecule has 0 aromatic heterocycles. The van der Waals surface area contributed by atoms with Crippen molar-refractivity contribution in [1.29, 1.82) is 0 Å². The van der Waals surface area contributed by atoms with E-state index in [-0.39, 0.29) is 17.8 Å². The second-order valence-corrected chi connectivity index (χ2v) is 4.48. The Hall–Kier alpha value is -0.940. The third-order valence-corrected chi connectivity index (χ3v) is 3.26. The molecule has 2 rings (SSSR count). The van der Waals surface area contributed by atoms with Crippen LogP contribution in [0.1, 0.15) is 12.0 Å². The first kappa shape index (κ1) is 11.5. The van der Waals surface area contributed by atoms with Gasteiger partial charge in [-0.2, -0.15) is 0 Å². The van der Waals surface area contributed by atoms with E-state index in [1.807, 2.05) is 0 Å². The summed E-state index contributed by atoms with van der Waals surface area (Å²) in [6, 6.07) is 4.21. The molecule has 0 radical (unpaired) electrons. The van der Waals surface area contributed by atoms with E-state index in [1.165, 1.54) is 12.1 Å². The fourth-order valence-corrected chi connectivity index (χ4v) is 1.98. The summed E-state index contributed by atoms with van der Waals surface area (Å²) in [4.78, 5) is 11.2. The van der Waals surface area contributed by atoms with Crippen molar-refractivity contribution in [2.75, 3.05) is 6.61 Å². The summed E-state index contributed by atoms with van der Waals surface area (Å²) in [6.45, 7) is 0.902. The van der Waals surface area contributed by atoms with Gasteiger partial charge in [0.1, 0.15) is 11.9 Å². The minimum Gasteiger partial charge on any atom is -0.464 e. The van der Waals surface area contributed by atoms with Crippen LogP contribution in [0.5, 0.6) is 0 Å². The van der Waals surface area contributed by atoms with Gasteiger partial charge in [0.15, 0.2) is 0 Å². The van der Waals surface area contributed by atoms with Gasteiger partial charge in [-0.15, -0.1) is 0 Å². The average Bonchev–Trinajstić information content (AvgIpc) is 2.66. The van der Waals surface area contributed by atoms with Crippen molar-refractivity contribution < 1.29 is 13.9 Å². The van der Waals surface area contributed by atoms with Gasteiger partial charge in [-0.3, -0.25) is 4.79 Å². The van der Waals surface area contributed by atoms with Crippen LogP contribution >= 0.6 is 15.9 Å². The molecular weight excluding hydrogens is 277 g/mol. The molecule has 0 saturated carbocycles. The summed E-state index contributed by atoms with van der Waals surface area (Å²) in [5.74, 6) is -0.512. The summed E-state index contributed by atoms with van der Waals surface area (Å²) in [5, 5.41) is 3.04. The molecule has 16 heavy (non-hydrogen) atoms. The van der Waals surface area contributed by atoms with Crippen LogP contribution in [-0.4, -0.2) is 18.6 Å². The molecule has 1 aliphatic rings. The van der Waals surface area contributed by atoms with Crippen molar-refractivity contribution >= 4 is 21.9 Å². The van der Waals surface area contributed by atoms with Crippen LogP contribution in [0.3, 0.4) is 0 Å². The van der Waals surface area contributed by atoms with E-state index in [9.17, 15) is 9.18 Å². The van der Waals surface area contributed by atoms with Crippen LogP contribution in [0.25, 0.3) is 0 Å². The van der Waals surface area contributed by atoms with Crippen molar-refractivity contribution in [1.82, 2.24) is 5.32 Å². The topological polar surface area (TPSA) is 38.3 Å². The molecule has 1 saturated heterocycles. The molecule has 1 aromatic carbocycles. The van der Waals surface area contributed by atoms with Crippen molar-refractivity contribution in [2.24, 2.45) is 0 Å². The summed E-state index contributed by atoms with van der Waals surface area (Å²) in [7, 11) is 0. The predicted molar refractivity (Wildman–Crippen MR) is 60.3 cm³/mol. The molecule has 0 aliphatic carbocycles. The number of rotatable bonds is 3. The lowest BCUT2D eigenvalue weighted by molar-refractivity contribution is -0.139. The standard InChI is InChI=1S/C11H11BrFNO2/c12-9-2-1-8(13)5-7(9)6-14-10-3-4-16-11(10)15/h1-2,5,10,14H,3-4,6H2. The number of benzene rings is 1. The number of nitrogens with one attached hydrogen (secondary N) is 1. The van der Waals surface area contributed by atoms with E-state index in [1.54, 1.807) is 6.07 Å². The second kappa shape index (κ2) is 4.93. The van der Waals surface area contributed by atoms with E-state index in [0.29, 0.717) is 19.6 Å². The smallest absolute Gasteiger partial charge is 0.323 e. The first-order valence-electron chi connectivity index (χ1n) is 5.01. The van der Waals surface area contributed by atoms with Gasteiger partial charge in [-0.1, -0.05) is 15.9 Å². The van der Waals surface area contributed by atoms with Gasteiger partial charge < -0.3 is 10.1 Å². The minimum absolute atomic E-state index is 0.229. The van der Waals surface area contributed by atoms with Crippen LogP contribution in [-0.2, 0) is 16.1 Å². The fraction of sp³-hybridized carbons (Fsp3) is 0.364. The molecule has 1 fully saturated rings. The molecule has 3 nitrogen and oxygen atoms in total. The summed E-state index contributed by atoms with van der Waals surface area (Å²) in [5.41, 5.74) is 0.791. The van der Waals surface area contributed by atoms with Crippen molar-refractivity contribution in [2.45, 2.75) is 19.0 Å². The highest BCUT2D eigenvalue weighted by Crippen LogP contribution is 2.18. The first-order valence-corrected chi connectivity index (χ1v) is 5.80. The monoisotopic (exact) mass is 287 g/mol. The molecule has 1 aromatic rings. The SMILES string of the molecule is O=C1OCCC1NCc1cc(F)ccc1Br. The number of esters is 1. The zero-order chi connectivity index (χ0) is 11.5. The van der Waals surface area contributed by atoms with Crippen LogP contribution in [0, 0.1) is 5.82 Å². The van der Waals surface area contributed by atoms with Gasteiger partial charge in [-0.25, -0.2) is 4.39 Å². The summed E-state index contributed by atoms with van der Waals surface area (Å²) in [6.07, 6.45) is 0.672. The molecule has 5 heteroatoms. The Morgan fingerprint density at radius 3 is 3.06 bits per heavy atom. The molecule has 0 amide bonds. The maximum atomic E-state index is 13.0. The largest absolute Gasteiger partial charge is 0.464 e. The lowest BCUT2D eigenvalue weighted by Crippen LogP contribution is -2.32. The molecule has 86 valence electrons. The highest BCUT2D eigenvalue weighted by Gasteiger charge is 2.25. The Morgan fingerprint density at radius 2 is 2.38 bits per heavy atom. The van der Waals surface area contributed by atoms with Gasteiger partial charge in [-0.05, 0) is 23.8 Å². The highest BCUT2D eigenvalue weighted by atomic mass is 79.9. The predicted octanol–water partition coefficient (Wildman–Crippen LogP) is 1.99. The Labute approximate surface area is 101 Å². The third kappa shape index (κ3) is 2.59. The maximum absolute atomic E-state index is 13.0. The van der Waals surface area contributed by atoms with Gasteiger partial charge in [0, 0.05) is 17.4 Å². The quantitative estimate of drug-likeness (QED) is 0.864. The number of carbonyl (C=O) groups excluding carboxylic acids is 1. The Morgan fingerprint density at radius 1 is 1.56 bits per heavy atom. The minimum atomic E-state index is -0.283. The number of ether oxygens (including phenoxy) is 1. The van der Waals surface area contributed by atoms with Crippen molar-refractivity contribution in [3.63, 3.8) is 0 Å². The second-order valence-electron chi connectivity index (χ2n) is 3.63. The number of cyclic esters (lactones) is 1. The molecule has 1 unspecified atom stereocenters. The fourth-order valence-electron chi connectivity index (χ4n) is 1.59. The molecule has 0 spiro atoms. The number of hydrogen-bond acceptors (Lipinski definition) is 3. The zero-order valence-electron chi connectivity index (χ0n) is 8.50. The van der Waals surface area contributed by atoms with Crippen LogP contribution in [0.15, 0.2) is 22.7 Å². The zero-order valence-corrected chi connectivity index (χ0v) is 10.1. The van der Waals surface area contributed by atoms with E-state index >= 15 is 0 Å². The van der Waals surface area contributed by atoms with Gasteiger partial charge in [0.05, 0.1) is 6.61 Å².